The highest BCUT2D eigenvalue weighted by atomic mass is 16.6. The van der Waals surface area contributed by atoms with Crippen molar-refractivity contribution in [3.8, 4) is 0 Å². The van der Waals surface area contributed by atoms with E-state index >= 15 is 0 Å². The summed E-state index contributed by atoms with van der Waals surface area (Å²) in [7, 11) is 0. The lowest BCUT2D eigenvalue weighted by molar-refractivity contribution is -0.133. The monoisotopic (exact) mass is 322 g/mol. The minimum absolute atomic E-state index is 0.0839. The molecule has 1 atom stereocenters. The van der Waals surface area contributed by atoms with Gasteiger partial charge in [0.05, 0.1) is 12.3 Å². The third-order valence-corrected chi connectivity index (χ3v) is 4.14. The van der Waals surface area contributed by atoms with Crippen LogP contribution in [-0.2, 0) is 16.2 Å². The fourth-order valence-electron chi connectivity index (χ4n) is 2.86. The first-order valence-corrected chi connectivity index (χ1v) is 8.36. The second kappa shape index (κ2) is 7.77. The normalized spacial score (nSPS) is 16.4. The van der Waals surface area contributed by atoms with Crippen LogP contribution in [0, 0.1) is 0 Å². The van der Waals surface area contributed by atoms with Crippen molar-refractivity contribution in [3.63, 3.8) is 0 Å². The van der Waals surface area contributed by atoms with Crippen molar-refractivity contribution in [2.24, 2.45) is 5.16 Å². The van der Waals surface area contributed by atoms with E-state index in [-0.39, 0.29) is 12.0 Å². The Balaban J connectivity index is 1.63. The smallest absolute Gasteiger partial charge is 0.222 e. The van der Waals surface area contributed by atoms with Gasteiger partial charge in [0.25, 0.3) is 0 Å². The number of carbonyl (C=O) groups excluding carboxylic acids is 1. The van der Waals surface area contributed by atoms with Crippen molar-refractivity contribution in [1.82, 2.24) is 4.90 Å². The maximum absolute atomic E-state index is 12.3. The second-order valence-electron chi connectivity index (χ2n) is 5.95. The molecular weight excluding hydrogens is 300 g/mol. The van der Waals surface area contributed by atoms with E-state index in [4.69, 9.17) is 4.84 Å². The van der Waals surface area contributed by atoms with E-state index in [1.54, 1.807) is 0 Å². The molecule has 0 spiro atoms. The minimum atomic E-state index is -0.0839. The molecule has 0 radical (unpaired) electrons. The molecule has 0 saturated heterocycles. The second-order valence-corrected chi connectivity index (χ2v) is 5.95. The summed E-state index contributed by atoms with van der Waals surface area (Å²) in [4.78, 5) is 19.7. The first-order valence-electron chi connectivity index (χ1n) is 8.36. The Hall–Kier alpha value is -2.62. The first-order chi connectivity index (χ1) is 11.8. The van der Waals surface area contributed by atoms with E-state index in [0.717, 1.165) is 23.3 Å². The molecule has 2 aromatic rings. The SMILES string of the molecule is CCC(=O)N(Cc1ccccc1)C[C@H]1CC(c2ccccc2)=NO1. The van der Waals surface area contributed by atoms with Crippen LogP contribution >= 0.6 is 0 Å². The number of nitrogens with zero attached hydrogens (tertiary/aromatic N) is 2. The average Bonchev–Trinajstić information content (AvgIpc) is 3.11. The fourth-order valence-corrected chi connectivity index (χ4v) is 2.86. The van der Waals surface area contributed by atoms with Gasteiger partial charge in [0.15, 0.2) is 6.10 Å². The van der Waals surface area contributed by atoms with Crippen LogP contribution in [0.3, 0.4) is 0 Å². The molecule has 1 amide bonds. The molecule has 1 heterocycles. The van der Waals surface area contributed by atoms with E-state index in [1.807, 2.05) is 72.5 Å². The van der Waals surface area contributed by atoms with Gasteiger partial charge in [-0.2, -0.15) is 0 Å². The van der Waals surface area contributed by atoms with Crippen LogP contribution in [0.5, 0.6) is 0 Å². The van der Waals surface area contributed by atoms with Gasteiger partial charge in [-0.25, -0.2) is 0 Å². The predicted molar refractivity (Wildman–Crippen MR) is 94.6 cm³/mol. The van der Waals surface area contributed by atoms with E-state index in [1.165, 1.54) is 0 Å². The van der Waals surface area contributed by atoms with Crippen LogP contribution in [0.25, 0.3) is 0 Å². The molecule has 4 heteroatoms. The highest BCUT2D eigenvalue weighted by molar-refractivity contribution is 6.01. The number of amides is 1. The number of carbonyl (C=O) groups is 1. The summed E-state index contributed by atoms with van der Waals surface area (Å²) in [6.07, 6.45) is 1.14. The third-order valence-electron chi connectivity index (χ3n) is 4.14. The van der Waals surface area contributed by atoms with Crippen molar-refractivity contribution in [3.05, 3.63) is 71.8 Å². The minimum Gasteiger partial charge on any atom is -0.390 e. The van der Waals surface area contributed by atoms with Crippen molar-refractivity contribution in [1.29, 1.82) is 0 Å². The van der Waals surface area contributed by atoms with Crippen molar-refractivity contribution in [2.75, 3.05) is 6.54 Å². The quantitative estimate of drug-likeness (QED) is 0.815. The third kappa shape index (κ3) is 4.02. The van der Waals surface area contributed by atoms with Gasteiger partial charge >= 0.3 is 0 Å². The molecule has 0 unspecified atom stereocenters. The number of hydrogen-bond donors (Lipinski definition) is 0. The Labute approximate surface area is 142 Å². The largest absolute Gasteiger partial charge is 0.390 e. The molecule has 0 bridgehead atoms. The summed E-state index contributed by atoms with van der Waals surface area (Å²) < 4.78 is 0. The van der Waals surface area contributed by atoms with Crippen molar-refractivity contribution >= 4 is 11.6 Å². The van der Waals surface area contributed by atoms with Gasteiger partial charge in [0.2, 0.25) is 5.91 Å². The summed E-state index contributed by atoms with van der Waals surface area (Å²) in [5.41, 5.74) is 3.15. The summed E-state index contributed by atoms with van der Waals surface area (Å²) >= 11 is 0. The van der Waals surface area contributed by atoms with Crippen molar-refractivity contribution < 1.29 is 9.63 Å². The Bertz CT molecular complexity index is 698. The zero-order valence-electron chi connectivity index (χ0n) is 13.9. The molecule has 0 saturated carbocycles. The molecule has 4 nitrogen and oxygen atoms in total. The molecule has 124 valence electrons. The fraction of sp³-hybridized carbons (Fsp3) is 0.300. The molecule has 0 fully saturated rings. The Kier molecular flexibility index (Phi) is 5.26. The van der Waals surface area contributed by atoms with Crippen LogP contribution in [0.2, 0.25) is 0 Å². The van der Waals surface area contributed by atoms with E-state index in [0.29, 0.717) is 19.5 Å². The molecule has 3 rings (SSSR count). The molecular formula is C20H22N2O2. The highest BCUT2D eigenvalue weighted by Crippen LogP contribution is 2.19. The number of hydrogen-bond acceptors (Lipinski definition) is 3. The Morgan fingerprint density at radius 1 is 1.12 bits per heavy atom. The van der Waals surface area contributed by atoms with Gasteiger partial charge in [0, 0.05) is 19.4 Å². The van der Waals surface area contributed by atoms with E-state index < -0.39 is 0 Å². The van der Waals surface area contributed by atoms with E-state index in [9.17, 15) is 4.79 Å². The molecule has 2 aromatic carbocycles. The molecule has 1 aliphatic rings. The summed E-state index contributed by atoms with van der Waals surface area (Å²) in [5, 5.41) is 4.21. The molecule has 1 aliphatic heterocycles. The number of oxime groups is 1. The van der Waals surface area contributed by atoms with Crippen LogP contribution in [0.1, 0.15) is 30.9 Å². The summed E-state index contributed by atoms with van der Waals surface area (Å²) in [6, 6.07) is 20.1. The van der Waals surface area contributed by atoms with Crippen LogP contribution in [0.4, 0.5) is 0 Å². The van der Waals surface area contributed by atoms with Gasteiger partial charge in [-0.3, -0.25) is 4.79 Å². The van der Waals surface area contributed by atoms with Gasteiger partial charge in [0.1, 0.15) is 0 Å². The maximum atomic E-state index is 12.3. The summed E-state index contributed by atoms with van der Waals surface area (Å²) in [6.45, 7) is 3.05. The van der Waals surface area contributed by atoms with Crippen LogP contribution in [0.15, 0.2) is 65.8 Å². The predicted octanol–water partition coefficient (Wildman–Crippen LogP) is 3.62. The Morgan fingerprint density at radius 2 is 1.79 bits per heavy atom. The molecule has 0 N–H and O–H groups in total. The number of rotatable bonds is 6. The lowest BCUT2D eigenvalue weighted by atomic mass is 10.0. The lowest BCUT2D eigenvalue weighted by Gasteiger charge is -2.24. The van der Waals surface area contributed by atoms with E-state index in [2.05, 4.69) is 5.16 Å². The zero-order valence-corrected chi connectivity index (χ0v) is 13.9. The molecule has 0 aliphatic carbocycles. The van der Waals surface area contributed by atoms with Gasteiger partial charge < -0.3 is 9.74 Å². The van der Waals surface area contributed by atoms with Gasteiger partial charge in [-0.15, -0.1) is 0 Å². The number of benzene rings is 2. The average molecular weight is 322 g/mol. The van der Waals surface area contributed by atoms with Gasteiger partial charge in [-0.05, 0) is 11.1 Å². The molecule has 24 heavy (non-hydrogen) atoms. The standard InChI is InChI=1S/C20H22N2O2/c1-2-20(23)22(14-16-9-5-3-6-10-16)15-18-13-19(21-24-18)17-11-7-4-8-12-17/h3-12,18H,2,13-15H2,1H3/t18-/m1/s1. The summed E-state index contributed by atoms with van der Waals surface area (Å²) in [5.74, 6) is 0.135. The topological polar surface area (TPSA) is 41.9 Å². The lowest BCUT2D eigenvalue weighted by Crippen LogP contribution is -2.36. The zero-order chi connectivity index (χ0) is 16.8. The van der Waals surface area contributed by atoms with Crippen molar-refractivity contribution in [2.45, 2.75) is 32.4 Å². The Morgan fingerprint density at radius 3 is 2.46 bits per heavy atom. The van der Waals surface area contributed by atoms with Crippen LogP contribution < -0.4 is 0 Å². The molecule has 0 aromatic heterocycles. The first kappa shape index (κ1) is 16.2. The maximum Gasteiger partial charge on any atom is 0.222 e. The van der Waals surface area contributed by atoms with Gasteiger partial charge in [-0.1, -0.05) is 72.7 Å². The highest BCUT2D eigenvalue weighted by Gasteiger charge is 2.26. The van der Waals surface area contributed by atoms with Crippen LogP contribution in [-0.4, -0.2) is 29.2 Å².